The van der Waals surface area contributed by atoms with Crippen molar-refractivity contribution < 1.29 is 4.79 Å². The number of hydrogen-bond donors (Lipinski definition) is 1. The van der Waals surface area contributed by atoms with Gasteiger partial charge in [-0.1, -0.05) is 36.8 Å². The van der Waals surface area contributed by atoms with Gasteiger partial charge in [0.25, 0.3) is 0 Å². The van der Waals surface area contributed by atoms with Gasteiger partial charge in [-0.3, -0.25) is 0 Å². The molecule has 1 aromatic carbocycles. The van der Waals surface area contributed by atoms with Gasteiger partial charge >= 0.3 is 6.03 Å². The van der Waals surface area contributed by atoms with Crippen LogP contribution in [0.1, 0.15) is 24.0 Å². The molecule has 3 heteroatoms. The normalized spacial score (nSPS) is 12.0. The Morgan fingerprint density at radius 2 is 1.88 bits per heavy atom. The molecular formula is C13H20N2O. The maximum atomic E-state index is 11.3. The molecule has 1 unspecified atom stereocenters. The highest BCUT2D eigenvalue weighted by molar-refractivity contribution is 5.73. The number of amides is 2. The summed E-state index contributed by atoms with van der Waals surface area (Å²) in [5.74, 6) is 0.337. The van der Waals surface area contributed by atoms with Crippen LogP contribution in [0.4, 0.5) is 4.79 Å². The Bertz CT molecular complexity index is 343. The van der Waals surface area contributed by atoms with Crippen LogP contribution in [0.25, 0.3) is 0 Å². The van der Waals surface area contributed by atoms with Crippen molar-refractivity contribution in [3.8, 4) is 0 Å². The number of nitrogens with one attached hydrogen (secondary N) is 1. The van der Waals surface area contributed by atoms with Gasteiger partial charge in [0, 0.05) is 20.6 Å². The minimum atomic E-state index is -0.0426. The third-order valence-corrected chi connectivity index (χ3v) is 2.61. The summed E-state index contributed by atoms with van der Waals surface area (Å²) in [7, 11) is 3.48. The predicted octanol–water partition coefficient (Wildman–Crippen LogP) is 2.37. The van der Waals surface area contributed by atoms with E-state index in [0.717, 1.165) is 0 Å². The van der Waals surface area contributed by atoms with Gasteiger partial charge < -0.3 is 10.2 Å². The monoisotopic (exact) mass is 220 g/mol. The summed E-state index contributed by atoms with van der Waals surface area (Å²) >= 11 is 0. The van der Waals surface area contributed by atoms with E-state index in [2.05, 4.69) is 43.4 Å². The lowest BCUT2D eigenvalue weighted by Gasteiger charge is -2.16. The third-order valence-electron chi connectivity index (χ3n) is 2.61. The summed E-state index contributed by atoms with van der Waals surface area (Å²) in [6.45, 7) is 4.85. The molecular weight excluding hydrogens is 200 g/mol. The number of carbonyl (C=O) groups excluding carboxylic acids is 1. The number of urea groups is 1. The first-order valence-corrected chi connectivity index (χ1v) is 5.52. The van der Waals surface area contributed by atoms with Crippen molar-refractivity contribution in [1.82, 2.24) is 10.2 Å². The molecule has 0 aliphatic carbocycles. The van der Waals surface area contributed by atoms with Crippen LogP contribution in [0.2, 0.25) is 0 Å². The number of nitrogens with zero attached hydrogens (tertiary/aromatic N) is 1. The average Bonchev–Trinajstić information content (AvgIpc) is 2.26. The molecule has 0 aliphatic rings. The van der Waals surface area contributed by atoms with Crippen LogP contribution in [0, 0.1) is 6.92 Å². The van der Waals surface area contributed by atoms with E-state index in [9.17, 15) is 4.79 Å². The van der Waals surface area contributed by atoms with E-state index in [1.807, 2.05) is 0 Å². The fraction of sp³-hybridized carbons (Fsp3) is 0.462. The molecule has 1 N–H and O–H groups in total. The van der Waals surface area contributed by atoms with Crippen LogP contribution in [0.3, 0.4) is 0 Å². The minimum absolute atomic E-state index is 0.0426. The second-order valence-corrected chi connectivity index (χ2v) is 4.39. The molecule has 16 heavy (non-hydrogen) atoms. The zero-order valence-corrected chi connectivity index (χ0v) is 10.4. The molecule has 0 bridgehead atoms. The van der Waals surface area contributed by atoms with Gasteiger partial charge in [-0.2, -0.15) is 0 Å². The summed E-state index contributed by atoms with van der Waals surface area (Å²) in [6.07, 6.45) is 0. The molecule has 1 rings (SSSR count). The van der Waals surface area contributed by atoms with Gasteiger partial charge in [0.1, 0.15) is 0 Å². The molecule has 0 radical (unpaired) electrons. The van der Waals surface area contributed by atoms with Crippen molar-refractivity contribution >= 4 is 6.03 Å². The average molecular weight is 220 g/mol. The first-order chi connectivity index (χ1) is 7.50. The van der Waals surface area contributed by atoms with E-state index in [4.69, 9.17) is 0 Å². The van der Waals surface area contributed by atoms with E-state index in [0.29, 0.717) is 12.5 Å². The van der Waals surface area contributed by atoms with E-state index in [1.54, 1.807) is 19.0 Å². The molecule has 88 valence electrons. The van der Waals surface area contributed by atoms with Gasteiger partial charge in [0.05, 0.1) is 0 Å². The fourth-order valence-corrected chi connectivity index (χ4v) is 1.41. The standard InChI is InChI=1S/C13H20N2O/c1-10-5-7-12(8-6-10)11(2)9-14-13(16)15(3)4/h5-8,11H,9H2,1-4H3,(H,14,16). The van der Waals surface area contributed by atoms with E-state index in [1.165, 1.54) is 11.1 Å². The van der Waals surface area contributed by atoms with Gasteiger partial charge in [0.15, 0.2) is 0 Å². The minimum Gasteiger partial charge on any atom is -0.337 e. The van der Waals surface area contributed by atoms with Gasteiger partial charge in [0.2, 0.25) is 0 Å². The summed E-state index contributed by atoms with van der Waals surface area (Å²) in [5.41, 5.74) is 2.51. The maximum Gasteiger partial charge on any atom is 0.316 e. The van der Waals surface area contributed by atoms with Crippen LogP contribution in [-0.2, 0) is 0 Å². The zero-order valence-electron chi connectivity index (χ0n) is 10.4. The molecule has 2 amide bonds. The highest BCUT2D eigenvalue weighted by Gasteiger charge is 2.08. The van der Waals surface area contributed by atoms with Crippen molar-refractivity contribution in [1.29, 1.82) is 0 Å². The van der Waals surface area contributed by atoms with Crippen LogP contribution >= 0.6 is 0 Å². The molecule has 0 aliphatic heterocycles. The SMILES string of the molecule is Cc1ccc(C(C)CNC(=O)N(C)C)cc1. The fourth-order valence-electron chi connectivity index (χ4n) is 1.41. The smallest absolute Gasteiger partial charge is 0.316 e. The molecule has 1 atom stereocenters. The lowest BCUT2D eigenvalue weighted by Crippen LogP contribution is -2.36. The molecule has 3 nitrogen and oxygen atoms in total. The molecule has 1 aromatic rings. The molecule has 0 heterocycles. The Morgan fingerprint density at radius 3 is 2.38 bits per heavy atom. The third kappa shape index (κ3) is 3.57. The number of aryl methyl sites for hydroxylation is 1. The molecule has 0 saturated carbocycles. The largest absolute Gasteiger partial charge is 0.337 e. The Morgan fingerprint density at radius 1 is 1.31 bits per heavy atom. The molecule has 0 aromatic heterocycles. The topological polar surface area (TPSA) is 32.3 Å². The van der Waals surface area contributed by atoms with Crippen molar-refractivity contribution in [2.75, 3.05) is 20.6 Å². The second kappa shape index (κ2) is 5.54. The Labute approximate surface area is 97.5 Å². The number of rotatable bonds is 3. The Balaban J connectivity index is 2.49. The lowest BCUT2D eigenvalue weighted by molar-refractivity contribution is 0.217. The number of hydrogen-bond acceptors (Lipinski definition) is 1. The van der Waals surface area contributed by atoms with E-state index in [-0.39, 0.29) is 6.03 Å². The summed E-state index contributed by atoms with van der Waals surface area (Å²) < 4.78 is 0. The summed E-state index contributed by atoms with van der Waals surface area (Å²) in [6, 6.07) is 8.38. The number of carbonyl (C=O) groups is 1. The summed E-state index contributed by atoms with van der Waals surface area (Å²) in [4.78, 5) is 12.9. The van der Waals surface area contributed by atoms with Crippen molar-refractivity contribution in [2.45, 2.75) is 19.8 Å². The van der Waals surface area contributed by atoms with Crippen LogP contribution < -0.4 is 5.32 Å². The molecule has 0 fully saturated rings. The number of benzene rings is 1. The maximum absolute atomic E-state index is 11.3. The first-order valence-electron chi connectivity index (χ1n) is 5.52. The Hall–Kier alpha value is -1.51. The zero-order chi connectivity index (χ0) is 12.1. The van der Waals surface area contributed by atoms with Crippen LogP contribution in [0.15, 0.2) is 24.3 Å². The first kappa shape index (κ1) is 12.6. The highest BCUT2D eigenvalue weighted by atomic mass is 16.2. The lowest BCUT2D eigenvalue weighted by atomic mass is 10.0. The van der Waals surface area contributed by atoms with Gasteiger partial charge in [-0.05, 0) is 18.4 Å². The van der Waals surface area contributed by atoms with Crippen LogP contribution in [-0.4, -0.2) is 31.6 Å². The van der Waals surface area contributed by atoms with Crippen molar-refractivity contribution in [2.24, 2.45) is 0 Å². The Kier molecular flexibility index (Phi) is 4.35. The predicted molar refractivity (Wildman–Crippen MR) is 66.7 cm³/mol. The highest BCUT2D eigenvalue weighted by Crippen LogP contribution is 2.14. The van der Waals surface area contributed by atoms with Gasteiger partial charge in [-0.15, -0.1) is 0 Å². The molecule has 0 saturated heterocycles. The summed E-state index contributed by atoms with van der Waals surface area (Å²) in [5, 5.41) is 2.88. The van der Waals surface area contributed by atoms with Gasteiger partial charge in [-0.25, -0.2) is 4.79 Å². The van der Waals surface area contributed by atoms with Crippen molar-refractivity contribution in [3.05, 3.63) is 35.4 Å². The van der Waals surface area contributed by atoms with E-state index >= 15 is 0 Å². The quantitative estimate of drug-likeness (QED) is 0.833. The van der Waals surface area contributed by atoms with Crippen molar-refractivity contribution in [3.63, 3.8) is 0 Å². The van der Waals surface area contributed by atoms with Crippen LogP contribution in [0.5, 0.6) is 0 Å². The molecule has 0 spiro atoms. The second-order valence-electron chi connectivity index (χ2n) is 4.39. The van der Waals surface area contributed by atoms with E-state index < -0.39 is 0 Å².